The second kappa shape index (κ2) is 5.41. The van der Waals surface area contributed by atoms with Crippen LogP contribution in [0.2, 0.25) is 0 Å². The molecular formula is C13H19N3O3S. The van der Waals surface area contributed by atoms with E-state index in [1.54, 1.807) is 6.07 Å². The first-order chi connectivity index (χ1) is 9.39. The Hall–Kier alpha value is -1.60. The van der Waals surface area contributed by atoms with Crippen molar-refractivity contribution < 1.29 is 13.2 Å². The molecule has 2 rings (SSSR count). The molecule has 3 N–H and O–H groups in total. The quantitative estimate of drug-likeness (QED) is 0.783. The largest absolute Gasteiger partial charge is 0.372 e. The lowest BCUT2D eigenvalue weighted by atomic mass is 9.96. The van der Waals surface area contributed by atoms with Gasteiger partial charge < -0.3 is 10.6 Å². The number of anilines is 2. The summed E-state index contributed by atoms with van der Waals surface area (Å²) < 4.78 is 25.7. The maximum Gasteiger partial charge on any atom is 0.247 e. The molecule has 0 fully saturated rings. The molecule has 1 heterocycles. The number of fused-ring (bicyclic) bond motifs is 1. The topological polar surface area (TPSA) is 87.3 Å². The first-order valence-corrected chi connectivity index (χ1v) is 8.02. The Balaban J connectivity index is 2.36. The van der Waals surface area contributed by atoms with Crippen molar-refractivity contribution in [2.75, 3.05) is 17.7 Å². The third-order valence-corrected chi connectivity index (χ3v) is 5.05. The van der Waals surface area contributed by atoms with Crippen LogP contribution in [0.4, 0.5) is 11.4 Å². The van der Waals surface area contributed by atoms with E-state index in [1.807, 2.05) is 13.8 Å². The van der Waals surface area contributed by atoms with Crippen molar-refractivity contribution in [2.45, 2.75) is 31.2 Å². The van der Waals surface area contributed by atoms with Crippen LogP contribution in [0.1, 0.15) is 20.3 Å². The van der Waals surface area contributed by atoms with Crippen LogP contribution < -0.4 is 15.4 Å². The van der Waals surface area contributed by atoms with Gasteiger partial charge in [0.25, 0.3) is 0 Å². The van der Waals surface area contributed by atoms with Crippen LogP contribution in [0.15, 0.2) is 23.1 Å². The van der Waals surface area contributed by atoms with Crippen LogP contribution in [0.5, 0.6) is 0 Å². The standard InChI is InChI=1S/C13H19N3O3S/c1-4-8(2)12-13(17)16-11-7-9(20(18,19)14-3)5-6-10(11)15-12/h5-8,12,14-15H,4H2,1-3H3,(H,16,17). The Kier molecular flexibility index (Phi) is 4.01. The molecule has 0 aromatic heterocycles. The van der Waals surface area contributed by atoms with Gasteiger partial charge in [-0.15, -0.1) is 0 Å². The van der Waals surface area contributed by atoms with Crippen molar-refractivity contribution in [1.82, 2.24) is 4.72 Å². The Morgan fingerprint density at radius 1 is 1.35 bits per heavy atom. The zero-order chi connectivity index (χ0) is 14.9. The Morgan fingerprint density at radius 3 is 2.65 bits per heavy atom. The van der Waals surface area contributed by atoms with Crippen LogP contribution in [-0.2, 0) is 14.8 Å². The highest BCUT2D eigenvalue weighted by Crippen LogP contribution is 2.31. The minimum atomic E-state index is -3.51. The third-order valence-electron chi connectivity index (χ3n) is 3.63. The highest BCUT2D eigenvalue weighted by Gasteiger charge is 2.29. The summed E-state index contributed by atoms with van der Waals surface area (Å²) in [5.74, 6) is 0.0646. The number of sulfonamides is 1. The molecule has 6 nitrogen and oxygen atoms in total. The van der Waals surface area contributed by atoms with E-state index >= 15 is 0 Å². The minimum absolute atomic E-state index is 0.128. The maximum absolute atomic E-state index is 12.0. The molecule has 20 heavy (non-hydrogen) atoms. The van der Waals surface area contributed by atoms with Crippen LogP contribution in [0.25, 0.3) is 0 Å². The second-order valence-corrected chi connectivity index (χ2v) is 6.80. The van der Waals surface area contributed by atoms with Crippen molar-refractivity contribution in [3.05, 3.63) is 18.2 Å². The molecule has 0 spiro atoms. The van der Waals surface area contributed by atoms with E-state index in [4.69, 9.17) is 0 Å². The molecular weight excluding hydrogens is 278 g/mol. The van der Waals surface area contributed by atoms with Gasteiger partial charge in [-0.05, 0) is 31.2 Å². The van der Waals surface area contributed by atoms with E-state index in [9.17, 15) is 13.2 Å². The van der Waals surface area contributed by atoms with Crippen molar-refractivity contribution in [3.63, 3.8) is 0 Å². The Bertz CT molecular complexity index is 628. The predicted molar refractivity (Wildman–Crippen MR) is 78.2 cm³/mol. The number of carbonyl (C=O) groups excluding carboxylic acids is 1. The summed E-state index contributed by atoms with van der Waals surface area (Å²) in [7, 11) is -2.16. The number of benzene rings is 1. The molecule has 0 aliphatic carbocycles. The van der Waals surface area contributed by atoms with E-state index in [0.717, 1.165) is 12.1 Å². The Morgan fingerprint density at radius 2 is 2.05 bits per heavy atom. The number of rotatable bonds is 4. The molecule has 1 aliphatic rings. The van der Waals surface area contributed by atoms with Crippen molar-refractivity contribution in [2.24, 2.45) is 5.92 Å². The van der Waals surface area contributed by atoms with Crippen LogP contribution in [-0.4, -0.2) is 27.4 Å². The first-order valence-electron chi connectivity index (χ1n) is 6.54. The number of hydrogen-bond acceptors (Lipinski definition) is 4. The molecule has 1 aromatic carbocycles. The van der Waals surface area contributed by atoms with Gasteiger partial charge in [-0.3, -0.25) is 4.79 Å². The molecule has 7 heteroatoms. The monoisotopic (exact) mass is 297 g/mol. The molecule has 0 saturated heterocycles. The highest BCUT2D eigenvalue weighted by molar-refractivity contribution is 7.89. The lowest BCUT2D eigenvalue weighted by molar-refractivity contribution is -0.118. The summed E-state index contributed by atoms with van der Waals surface area (Å²) in [5.41, 5.74) is 1.23. The van der Waals surface area contributed by atoms with Gasteiger partial charge in [-0.1, -0.05) is 20.3 Å². The molecule has 0 radical (unpaired) electrons. The fraction of sp³-hybridized carbons (Fsp3) is 0.462. The van der Waals surface area contributed by atoms with Gasteiger partial charge in [0.2, 0.25) is 15.9 Å². The predicted octanol–water partition coefficient (Wildman–Crippen LogP) is 1.37. The van der Waals surface area contributed by atoms with Gasteiger partial charge in [-0.25, -0.2) is 13.1 Å². The number of amides is 1. The molecule has 110 valence electrons. The van der Waals surface area contributed by atoms with E-state index < -0.39 is 10.0 Å². The molecule has 1 amide bonds. The summed E-state index contributed by atoms with van der Waals surface area (Å²) in [5, 5.41) is 5.93. The molecule has 2 unspecified atom stereocenters. The van der Waals surface area contributed by atoms with Crippen molar-refractivity contribution in [3.8, 4) is 0 Å². The van der Waals surface area contributed by atoms with Crippen LogP contribution in [0.3, 0.4) is 0 Å². The first kappa shape index (κ1) is 14.8. The average Bonchev–Trinajstić information content (AvgIpc) is 2.45. The van der Waals surface area contributed by atoms with E-state index in [1.165, 1.54) is 19.2 Å². The average molecular weight is 297 g/mol. The lowest BCUT2D eigenvalue weighted by Gasteiger charge is -2.30. The zero-order valence-corrected chi connectivity index (χ0v) is 12.5. The lowest BCUT2D eigenvalue weighted by Crippen LogP contribution is -2.43. The second-order valence-electron chi connectivity index (χ2n) is 4.91. The molecule has 0 saturated carbocycles. The van der Waals surface area contributed by atoms with Crippen LogP contribution >= 0.6 is 0 Å². The molecule has 1 aromatic rings. The fourth-order valence-corrected chi connectivity index (χ4v) is 2.87. The van der Waals surface area contributed by atoms with Crippen LogP contribution in [0, 0.1) is 5.92 Å². The van der Waals surface area contributed by atoms with Gasteiger partial charge in [-0.2, -0.15) is 0 Å². The summed E-state index contributed by atoms with van der Waals surface area (Å²) in [6, 6.07) is 4.36. The fourth-order valence-electron chi connectivity index (χ4n) is 2.12. The maximum atomic E-state index is 12.0. The van der Waals surface area contributed by atoms with E-state index in [2.05, 4.69) is 15.4 Å². The van der Waals surface area contributed by atoms with Gasteiger partial charge in [0.1, 0.15) is 6.04 Å². The normalized spacial score (nSPS) is 19.8. The SMILES string of the molecule is CCC(C)C1Nc2ccc(S(=O)(=O)NC)cc2NC1=O. The third kappa shape index (κ3) is 2.64. The van der Waals surface area contributed by atoms with E-state index in [-0.39, 0.29) is 22.8 Å². The van der Waals surface area contributed by atoms with Gasteiger partial charge in [0.15, 0.2) is 0 Å². The molecule has 0 bridgehead atoms. The summed E-state index contributed by atoms with van der Waals surface area (Å²) in [6.07, 6.45) is 0.882. The highest BCUT2D eigenvalue weighted by atomic mass is 32.2. The molecule has 2 atom stereocenters. The smallest absolute Gasteiger partial charge is 0.247 e. The number of carbonyl (C=O) groups is 1. The number of nitrogens with one attached hydrogen (secondary N) is 3. The van der Waals surface area contributed by atoms with Gasteiger partial charge in [0.05, 0.1) is 16.3 Å². The van der Waals surface area contributed by atoms with Gasteiger partial charge >= 0.3 is 0 Å². The molecule has 1 aliphatic heterocycles. The number of hydrogen-bond donors (Lipinski definition) is 3. The van der Waals surface area contributed by atoms with Crippen molar-refractivity contribution >= 4 is 27.3 Å². The summed E-state index contributed by atoms with van der Waals surface area (Å²) in [6.45, 7) is 4.03. The summed E-state index contributed by atoms with van der Waals surface area (Å²) in [4.78, 5) is 12.2. The van der Waals surface area contributed by atoms with Gasteiger partial charge in [0, 0.05) is 0 Å². The minimum Gasteiger partial charge on any atom is -0.372 e. The summed E-state index contributed by atoms with van der Waals surface area (Å²) >= 11 is 0. The van der Waals surface area contributed by atoms with E-state index in [0.29, 0.717) is 5.69 Å². The Labute approximate surface area is 119 Å². The zero-order valence-electron chi connectivity index (χ0n) is 11.7. The van der Waals surface area contributed by atoms with Crippen molar-refractivity contribution in [1.29, 1.82) is 0 Å².